The maximum atomic E-state index is 12.5. The molecule has 0 radical (unpaired) electrons. The van der Waals surface area contributed by atoms with Gasteiger partial charge in [0.15, 0.2) is 0 Å². The zero-order chi connectivity index (χ0) is 23.4. The lowest BCUT2D eigenvalue weighted by molar-refractivity contribution is -0.136. The molecule has 0 saturated carbocycles. The summed E-state index contributed by atoms with van der Waals surface area (Å²) in [5, 5.41) is 13.9. The van der Waals surface area contributed by atoms with E-state index in [2.05, 4.69) is 34.9 Å². The van der Waals surface area contributed by atoms with E-state index in [-0.39, 0.29) is 25.5 Å². The molecular weight excluding hydrogens is 535 g/mol. The van der Waals surface area contributed by atoms with Crippen molar-refractivity contribution in [2.24, 2.45) is 0 Å². The molecule has 3 aromatic rings. The van der Waals surface area contributed by atoms with Gasteiger partial charge in [-0.3, -0.25) is 14.9 Å². The fourth-order valence-corrected chi connectivity index (χ4v) is 4.60. The van der Waals surface area contributed by atoms with Crippen LogP contribution in [0.2, 0.25) is 0 Å². The number of halogens is 1. The lowest BCUT2D eigenvalue weighted by atomic mass is 9.98. The van der Waals surface area contributed by atoms with Crippen LogP contribution >= 0.6 is 22.6 Å². The Hall–Kier alpha value is -3.40. The van der Waals surface area contributed by atoms with Crippen molar-refractivity contribution in [2.45, 2.75) is 12.3 Å². The zero-order valence-corrected chi connectivity index (χ0v) is 19.7. The second kappa shape index (κ2) is 10.0. The molecule has 0 spiro atoms. The fraction of sp³-hybridized carbons (Fsp3) is 0.160. The van der Waals surface area contributed by atoms with Crippen LogP contribution in [0, 0.1) is 3.57 Å². The van der Waals surface area contributed by atoms with Crippen molar-refractivity contribution in [3.63, 3.8) is 0 Å². The Bertz CT molecular complexity index is 1180. The van der Waals surface area contributed by atoms with Gasteiger partial charge in [0.05, 0.1) is 6.42 Å². The third-order valence-electron chi connectivity index (χ3n) is 5.37. The summed E-state index contributed by atoms with van der Waals surface area (Å²) in [6.45, 7) is 0.209. The highest BCUT2D eigenvalue weighted by Crippen LogP contribution is 2.44. The number of fused-ring (bicyclic) bond motifs is 3. The average Bonchev–Trinajstić information content (AvgIpc) is 3.11. The minimum absolute atomic E-state index is 0.0226. The molecule has 0 fully saturated rings. The van der Waals surface area contributed by atoms with Crippen LogP contribution in [0.3, 0.4) is 0 Å². The summed E-state index contributed by atoms with van der Waals surface area (Å²) in [5.41, 5.74) is 5.29. The quantitative estimate of drug-likeness (QED) is 0.361. The Balaban J connectivity index is 1.41. The van der Waals surface area contributed by atoms with Gasteiger partial charge in [0.25, 0.3) is 5.91 Å². The largest absolute Gasteiger partial charge is 0.481 e. The van der Waals surface area contributed by atoms with E-state index in [0.717, 1.165) is 25.8 Å². The van der Waals surface area contributed by atoms with E-state index < -0.39 is 18.0 Å². The molecule has 0 saturated heterocycles. The summed E-state index contributed by atoms with van der Waals surface area (Å²) in [5.74, 6) is -1.45. The predicted octanol–water partition coefficient (Wildman–Crippen LogP) is 4.86. The van der Waals surface area contributed by atoms with E-state index >= 15 is 0 Å². The SMILES string of the molecule is O=C(O)CCNC(=O)c1cc(I)cc(NC(=O)OCC2c3ccccc3-c3ccccc32)c1. The monoisotopic (exact) mass is 556 g/mol. The lowest BCUT2D eigenvalue weighted by Crippen LogP contribution is -2.26. The lowest BCUT2D eigenvalue weighted by Gasteiger charge is -2.15. The summed E-state index contributed by atoms with van der Waals surface area (Å²) in [6, 6.07) is 21.1. The van der Waals surface area contributed by atoms with E-state index in [0.29, 0.717) is 11.3 Å². The number of carbonyl (C=O) groups is 3. The normalized spacial score (nSPS) is 11.9. The molecule has 4 rings (SSSR count). The molecule has 0 unspecified atom stereocenters. The van der Waals surface area contributed by atoms with E-state index in [4.69, 9.17) is 9.84 Å². The molecule has 3 aromatic carbocycles. The number of benzene rings is 3. The summed E-state index contributed by atoms with van der Waals surface area (Å²) in [4.78, 5) is 35.5. The van der Waals surface area contributed by atoms with Gasteiger partial charge >= 0.3 is 12.1 Å². The van der Waals surface area contributed by atoms with Crippen LogP contribution in [0.1, 0.15) is 33.8 Å². The average molecular weight is 556 g/mol. The number of rotatable bonds is 7. The topological polar surface area (TPSA) is 105 Å². The number of aliphatic carboxylic acids is 1. The van der Waals surface area contributed by atoms with Crippen LogP contribution in [0.4, 0.5) is 10.5 Å². The van der Waals surface area contributed by atoms with Crippen LogP contribution in [-0.4, -0.2) is 36.2 Å². The summed E-state index contributed by atoms with van der Waals surface area (Å²) < 4.78 is 6.30. The maximum absolute atomic E-state index is 12.5. The molecule has 0 aromatic heterocycles. The minimum Gasteiger partial charge on any atom is -0.481 e. The third-order valence-corrected chi connectivity index (χ3v) is 6.00. The molecule has 2 amide bonds. The number of anilines is 1. The van der Waals surface area contributed by atoms with Gasteiger partial charge in [-0.15, -0.1) is 0 Å². The third kappa shape index (κ3) is 5.33. The standard InChI is InChI=1S/C25H21IN2O5/c26-16-11-15(24(31)27-10-9-23(29)30)12-17(13-16)28-25(32)33-14-22-20-7-3-1-5-18(20)19-6-2-4-8-21(19)22/h1-8,11-13,22H,9-10,14H2,(H,27,31)(H,28,32)(H,29,30). The van der Waals surface area contributed by atoms with Crippen molar-refractivity contribution < 1.29 is 24.2 Å². The molecule has 0 bridgehead atoms. The van der Waals surface area contributed by atoms with Gasteiger partial charge in [-0.2, -0.15) is 0 Å². The highest BCUT2D eigenvalue weighted by Gasteiger charge is 2.29. The Morgan fingerprint density at radius 1 is 0.939 bits per heavy atom. The van der Waals surface area contributed by atoms with Crippen molar-refractivity contribution in [1.29, 1.82) is 0 Å². The number of nitrogens with one attached hydrogen (secondary N) is 2. The first-order valence-electron chi connectivity index (χ1n) is 10.3. The van der Waals surface area contributed by atoms with Crippen molar-refractivity contribution in [1.82, 2.24) is 5.32 Å². The molecule has 8 heteroatoms. The summed E-state index contributed by atoms with van der Waals surface area (Å²) in [6.07, 6.45) is -0.781. The number of hydrogen-bond acceptors (Lipinski definition) is 4. The van der Waals surface area contributed by atoms with Crippen molar-refractivity contribution in [3.8, 4) is 11.1 Å². The summed E-state index contributed by atoms with van der Waals surface area (Å²) >= 11 is 2.05. The minimum atomic E-state index is -0.990. The predicted molar refractivity (Wildman–Crippen MR) is 132 cm³/mol. The van der Waals surface area contributed by atoms with Crippen molar-refractivity contribution in [3.05, 3.63) is 87.0 Å². The molecule has 33 heavy (non-hydrogen) atoms. The Kier molecular flexibility index (Phi) is 6.93. The first-order valence-corrected chi connectivity index (χ1v) is 11.4. The second-order valence-electron chi connectivity index (χ2n) is 7.58. The molecule has 0 heterocycles. The number of carboxylic acid groups (broad SMARTS) is 1. The first kappa shape index (κ1) is 22.8. The number of amides is 2. The molecule has 168 valence electrons. The molecule has 7 nitrogen and oxygen atoms in total. The molecule has 0 atom stereocenters. The van der Waals surface area contributed by atoms with E-state index in [1.165, 1.54) is 6.07 Å². The van der Waals surface area contributed by atoms with Crippen LogP contribution < -0.4 is 10.6 Å². The summed E-state index contributed by atoms with van der Waals surface area (Å²) in [7, 11) is 0. The molecule has 1 aliphatic rings. The van der Waals surface area contributed by atoms with E-state index in [1.807, 2.05) is 46.9 Å². The van der Waals surface area contributed by atoms with Crippen LogP contribution in [0.25, 0.3) is 11.1 Å². The maximum Gasteiger partial charge on any atom is 0.411 e. The highest BCUT2D eigenvalue weighted by atomic mass is 127. The number of hydrogen-bond donors (Lipinski definition) is 3. The molecule has 1 aliphatic carbocycles. The number of carboxylic acids is 1. The van der Waals surface area contributed by atoms with Crippen LogP contribution in [0.15, 0.2) is 66.7 Å². The number of carbonyl (C=O) groups excluding carboxylic acids is 2. The number of ether oxygens (including phenoxy) is 1. The Morgan fingerprint density at radius 2 is 1.58 bits per heavy atom. The second-order valence-corrected chi connectivity index (χ2v) is 8.82. The smallest absolute Gasteiger partial charge is 0.411 e. The highest BCUT2D eigenvalue weighted by molar-refractivity contribution is 14.1. The van der Waals surface area contributed by atoms with E-state index in [9.17, 15) is 14.4 Å². The van der Waals surface area contributed by atoms with Gasteiger partial charge < -0.3 is 15.2 Å². The van der Waals surface area contributed by atoms with Gasteiger partial charge in [0, 0.05) is 27.3 Å². The Labute approximate surface area is 204 Å². The molecule has 3 N–H and O–H groups in total. The van der Waals surface area contributed by atoms with E-state index in [1.54, 1.807) is 12.1 Å². The van der Waals surface area contributed by atoms with Gasteiger partial charge in [-0.1, -0.05) is 48.5 Å². The van der Waals surface area contributed by atoms with Gasteiger partial charge in [-0.05, 0) is 63.0 Å². The first-order chi connectivity index (χ1) is 15.9. The van der Waals surface area contributed by atoms with Crippen molar-refractivity contribution >= 4 is 46.2 Å². The molecular formula is C25H21IN2O5. The fourth-order valence-electron chi connectivity index (χ4n) is 3.93. The van der Waals surface area contributed by atoms with Gasteiger partial charge in [0.2, 0.25) is 0 Å². The van der Waals surface area contributed by atoms with Gasteiger partial charge in [-0.25, -0.2) is 4.79 Å². The van der Waals surface area contributed by atoms with Crippen LogP contribution in [0.5, 0.6) is 0 Å². The molecule has 0 aliphatic heterocycles. The van der Waals surface area contributed by atoms with Crippen molar-refractivity contribution in [2.75, 3.05) is 18.5 Å². The van der Waals surface area contributed by atoms with Gasteiger partial charge in [0.1, 0.15) is 6.61 Å². The zero-order valence-electron chi connectivity index (χ0n) is 17.5. The Morgan fingerprint density at radius 3 is 2.21 bits per heavy atom. The van der Waals surface area contributed by atoms with Crippen LogP contribution in [-0.2, 0) is 9.53 Å².